The Balaban J connectivity index is 1.26. The number of nitrogens with one attached hydrogen (secondary N) is 1. The molecule has 3 atom stereocenters. The third-order valence-corrected chi connectivity index (χ3v) is 6.73. The van der Waals surface area contributed by atoms with E-state index >= 15 is 0 Å². The van der Waals surface area contributed by atoms with Crippen molar-refractivity contribution in [1.82, 2.24) is 20.3 Å². The second kappa shape index (κ2) is 8.47. The number of nitrogens with zero attached hydrogens (tertiary/aromatic N) is 3. The summed E-state index contributed by atoms with van der Waals surface area (Å²) in [5.74, 6) is 0.255. The van der Waals surface area contributed by atoms with Crippen LogP contribution in [0.2, 0.25) is 0 Å². The van der Waals surface area contributed by atoms with E-state index in [1.54, 1.807) is 4.68 Å². The fraction of sp³-hybridized carbons (Fsp3) is 0.850. The largest absolute Gasteiger partial charge is 0.394 e. The van der Waals surface area contributed by atoms with Gasteiger partial charge in [-0.3, -0.25) is 9.48 Å². The lowest BCUT2D eigenvalue weighted by molar-refractivity contribution is -0.134. The van der Waals surface area contributed by atoms with Crippen molar-refractivity contribution in [2.24, 2.45) is 5.92 Å². The molecule has 3 N–H and O–H groups in total. The molecule has 28 heavy (non-hydrogen) atoms. The highest BCUT2D eigenvalue weighted by Crippen LogP contribution is 2.37. The van der Waals surface area contributed by atoms with Gasteiger partial charge in [0.05, 0.1) is 24.9 Å². The van der Waals surface area contributed by atoms with Crippen molar-refractivity contribution in [1.29, 1.82) is 0 Å². The van der Waals surface area contributed by atoms with Crippen LogP contribution in [0.4, 0.5) is 0 Å². The first kappa shape index (κ1) is 19.8. The third kappa shape index (κ3) is 4.23. The van der Waals surface area contributed by atoms with Crippen LogP contribution in [0.15, 0.2) is 6.20 Å². The quantitative estimate of drug-likeness (QED) is 0.644. The predicted octanol–water partition coefficient (Wildman–Crippen LogP) is 1.25. The lowest BCUT2D eigenvalue weighted by Crippen LogP contribution is -2.52. The van der Waals surface area contributed by atoms with E-state index in [0.717, 1.165) is 64.2 Å². The molecule has 8 heteroatoms. The number of carbonyl (C=O) groups is 1. The number of rotatable bonds is 7. The number of carbonyl (C=O) groups excluding carboxylic acids is 1. The highest BCUT2D eigenvalue weighted by molar-refractivity contribution is 5.79. The summed E-state index contributed by atoms with van der Waals surface area (Å²) in [6.07, 6.45) is 10.6. The fourth-order valence-electron chi connectivity index (χ4n) is 4.59. The summed E-state index contributed by atoms with van der Waals surface area (Å²) in [4.78, 5) is 12.2. The molecule has 0 unspecified atom stereocenters. The maximum atomic E-state index is 12.2. The number of hydrogen-bond acceptors (Lipinski definition) is 6. The second-order valence-electron chi connectivity index (χ2n) is 8.69. The maximum absolute atomic E-state index is 12.2. The summed E-state index contributed by atoms with van der Waals surface area (Å²) < 4.78 is 7.82. The van der Waals surface area contributed by atoms with Crippen molar-refractivity contribution >= 4 is 5.91 Å². The Bertz CT molecular complexity index is 669. The first-order chi connectivity index (χ1) is 13.6. The number of ether oxygens (including phenoxy) is 1. The van der Waals surface area contributed by atoms with Gasteiger partial charge in [0.15, 0.2) is 0 Å². The van der Waals surface area contributed by atoms with E-state index in [0.29, 0.717) is 12.2 Å². The van der Waals surface area contributed by atoms with Crippen LogP contribution in [-0.4, -0.2) is 56.0 Å². The van der Waals surface area contributed by atoms with Crippen molar-refractivity contribution in [3.63, 3.8) is 0 Å². The SMILES string of the molecule is O=C(N[C@@H]1CC[C@@H](CCn2cc(C3(O)CCCC3)nn2)O[C@H]1CO)C1CCC1. The Hall–Kier alpha value is -1.51. The Labute approximate surface area is 165 Å². The molecule has 4 rings (SSSR count). The van der Waals surface area contributed by atoms with Gasteiger partial charge >= 0.3 is 0 Å². The van der Waals surface area contributed by atoms with Gasteiger partial charge in [0.25, 0.3) is 0 Å². The van der Waals surface area contributed by atoms with Gasteiger partial charge in [-0.1, -0.05) is 24.5 Å². The van der Waals surface area contributed by atoms with Gasteiger partial charge in [-0.05, 0) is 44.9 Å². The van der Waals surface area contributed by atoms with Gasteiger partial charge in [0, 0.05) is 12.5 Å². The van der Waals surface area contributed by atoms with Gasteiger partial charge in [-0.25, -0.2) is 0 Å². The van der Waals surface area contributed by atoms with Gasteiger partial charge in [0.2, 0.25) is 5.91 Å². The molecule has 2 saturated carbocycles. The molecule has 0 radical (unpaired) electrons. The summed E-state index contributed by atoms with van der Waals surface area (Å²) in [5.41, 5.74) is -0.144. The molecule has 3 aliphatic rings. The van der Waals surface area contributed by atoms with Crippen LogP contribution in [0.1, 0.15) is 69.9 Å². The third-order valence-electron chi connectivity index (χ3n) is 6.73. The summed E-state index contributed by atoms with van der Waals surface area (Å²) in [6, 6.07) is -0.107. The van der Waals surface area contributed by atoms with E-state index in [1.807, 2.05) is 6.20 Å². The van der Waals surface area contributed by atoms with Crippen molar-refractivity contribution < 1.29 is 19.7 Å². The molecule has 8 nitrogen and oxygen atoms in total. The molecule has 0 spiro atoms. The highest BCUT2D eigenvalue weighted by atomic mass is 16.5. The molecule has 1 amide bonds. The van der Waals surface area contributed by atoms with Gasteiger partial charge < -0.3 is 20.3 Å². The van der Waals surface area contributed by atoms with Crippen molar-refractivity contribution in [2.45, 2.75) is 94.6 Å². The molecule has 1 aromatic heterocycles. The Kier molecular flexibility index (Phi) is 5.99. The van der Waals surface area contributed by atoms with E-state index in [2.05, 4.69) is 15.6 Å². The minimum absolute atomic E-state index is 0.0243. The summed E-state index contributed by atoms with van der Waals surface area (Å²) >= 11 is 0. The topological polar surface area (TPSA) is 110 Å². The predicted molar refractivity (Wildman–Crippen MR) is 101 cm³/mol. The monoisotopic (exact) mass is 392 g/mol. The van der Waals surface area contributed by atoms with Crippen molar-refractivity contribution in [3.8, 4) is 0 Å². The van der Waals surface area contributed by atoms with Crippen LogP contribution >= 0.6 is 0 Å². The molecule has 2 aliphatic carbocycles. The maximum Gasteiger partial charge on any atom is 0.223 e. The Morgan fingerprint density at radius 1 is 1.25 bits per heavy atom. The minimum Gasteiger partial charge on any atom is -0.394 e. The molecular formula is C20H32N4O4. The van der Waals surface area contributed by atoms with Crippen LogP contribution in [0.25, 0.3) is 0 Å². The van der Waals surface area contributed by atoms with Crippen LogP contribution < -0.4 is 5.32 Å². The molecule has 2 heterocycles. The summed E-state index contributed by atoms with van der Waals surface area (Å²) in [6.45, 7) is 0.567. The summed E-state index contributed by atoms with van der Waals surface area (Å²) in [7, 11) is 0. The van der Waals surface area contributed by atoms with Crippen LogP contribution in [0, 0.1) is 5.92 Å². The zero-order valence-corrected chi connectivity index (χ0v) is 16.4. The van der Waals surface area contributed by atoms with Crippen LogP contribution in [0.5, 0.6) is 0 Å². The van der Waals surface area contributed by atoms with Gasteiger partial charge in [0.1, 0.15) is 17.4 Å². The average Bonchev–Trinajstić information content (AvgIpc) is 3.29. The first-order valence-electron chi connectivity index (χ1n) is 10.8. The van der Waals surface area contributed by atoms with Crippen LogP contribution in [-0.2, 0) is 21.7 Å². The smallest absolute Gasteiger partial charge is 0.223 e. The standard InChI is InChI=1S/C20H32N4O4/c25-13-17-16(21-19(26)14-4-3-5-14)7-6-15(28-17)8-11-24-12-18(22-23-24)20(27)9-1-2-10-20/h12,14-17,25,27H,1-11,13H2,(H,21,26)/t15-,16+,17-/m0/s1. The number of aliphatic hydroxyl groups excluding tert-OH is 1. The molecule has 0 aromatic carbocycles. The van der Waals surface area contributed by atoms with E-state index in [9.17, 15) is 15.0 Å². The first-order valence-corrected chi connectivity index (χ1v) is 10.8. The average molecular weight is 393 g/mol. The molecule has 0 bridgehead atoms. The number of aryl methyl sites for hydroxylation is 1. The normalized spacial score (nSPS) is 30.1. The minimum atomic E-state index is -0.812. The molecule has 1 aromatic rings. The van der Waals surface area contributed by atoms with E-state index in [1.165, 1.54) is 0 Å². The zero-order chi connectivity index (χ0) is 19.6. The van der Waals surface area contributed by atoms with Crippen molar-refractivity contribution in [2.75, 3.05) is 6.61 Å². The molecule has 1 aliphatic heterocycles. The number of amides is 1. The lowest BCUT2D eigenvalue weighted by Gasteiger charge is -2.37. The molecule has 3 fully saturated rings. The molecular weight excluding hydrogens is 360 g/mol. The van der Waals surface area contributed by atoms with Gasteiger partial charge in [-0.15, -0.1) is 5.10 Å². The second-order valence-corrected chi connectivity index (χ2v) is 8.69. The number of aromatic nitrogens is 3. The molecule has 156 valence electrons. The Morgan fingerprint density at radius 2 is 2.04 bits per heavy atom. The fourth-order valence-corrected chi connectivity index (χ4v) is 4.59. The number of aliphatic hydroxyl groups is 2. The highest BCUT2D eigenvalue weighted by Gasteiger charge is 2.36. The lowest BCUT2D eigenvalue weighted by atomic mass is 9.84. The molecule has 1 saturated heterocycles. The van der Waals surface area contributed by atoms with E-state index < -0.39 is 5.60 Å². The Morgan fingerprint density at radius 3 is 2.71 bits per heavy atom. The van der Waals surface area contributed by atoms with E-state index in [-0.39, 0.29) is 36.7 Å². The van der Waals surface area contributed by atoms with E-state index in [4.69, 9.17) is 4.74 Å². The van der Waals surface area contributed by atoms with Gasteiger partial charge in [-0.2, -0.15) is 0 Å². The summed E-state index contributed by atoms with van der Waals surface area (Å²) in [5, 5.41) is 31.7. The zero-order valence-electron chi connectivity index (χ0n) is 16.4. The van der Waals surface area contributed by atoms with Crippen molar-refractivity contribution in [3.05, 3.63) is 11.9 Å². The van der Waals surface area contributed by atoms with Crippen LogP contribution in [0.3, 0.4) is 0 Å². The number of hydrogen-bond donors (Lipinski definition) is 3.